The van der Waals surface area contributed by atoms with Gasteiger partial charge >= 0.3 is 6.09 Å². The van der Waals surface area contributed by atoms with Gasteiger partial charge in [-0.3, -0.25) is 4.79 Å². The van der Waals surface area contributed by atoms with E-state index in [2.05, 4.69) is 26.2 Å². The summed E-state index contributed by atoms with van der Waals surface area (Å²) in [4.78, 5) is 32.8. The lowest BCUT2D eigenvalue weighted by molar-refractivity contribution is -0.123. The molecule has 0 unspecified atom stereocenters. The number of fused-ring (bicyclic) bond motifs is 1. The maximum atomic E-state index is 12.9. The standard InChI is InChI=1S/C24H35N5O3.CBrN/c1-24(2,3)32-23(31)26-16-12-18(13-16)29-20-11-10-17(14-19(20)27-22(29)25)28(4)21(30)15-8-6-5-7-9-15;2-1-3/h10-11,14-16,18H,5-9,12-13H2,1-4H3,(H2,25,27)(H,26,31);. The van der Waals surface area contributed by atoms with Gasteiger partial charge in [-0.2, -0.15) is 5.26 Å². The highest BCUT2D eigenvalue weighted by molar-refractivity contribution is 9.12. The summed E-state index contributed by atoms with van der Waals surface area (Å²) in [7, 11) is 1.84. The maximum absolute atomic E-state index is 12.9. The van der Waals surface area contributed by atoms with Gasteiger partial charge in [0.2, 0.25) is 11.9 Å². The maximum Gasteiger partial charge on any atom is 0.407 e. The number of halogens is 1. The number of nitriles is 1. The Morgan fingerprint density at radius 3 is 2.49 bits per heavy atom. The van der Waals surface area contributed by atoms with Crippen LogP contribution >= 0.6 is 15.9 Å². The monoisotopic (exact) mass is 546 g/mol. The van der Waals surface area contributed by atoms with Crippen LogP contribution in [0.15, 0.2) is 18.2 Å². The zero-order valence-electron chi connectivity index (χ0n) is 20.9. The van der Waals surface area contributed by atoms with Gasteiger partial charge in [0.25, 0.3) is 0 Å². The van der Waals surface area contributed by atoms with Gasteiger partial charge in [-0.05, 0) is 64.7 Å². The Kier molecular flexibility index (Phi) is 8.65. The minimum Gasteiger partial charge on any atom is -0.444 e. The number of hydrogen-bond donors (Lipinski definition) is 2. The molecule has 0 saturated heterocycles. The van der Waals surface area contributed by atoms with E-state index in [1.807, 2.05) is 50.6 Å². The highest BCUT2D eigenvalue weighted by Gasteiger charge is 2.35. The van der Waals surface area contributed by atoms with E-state index in [1.165, 1.54) is 6.42 Å². The lowest BCUT2D eigenvalue weighted by Gasteiger charge is -2.37. The number of nitrogens with zero attached hydrogens (tertiary/aromatic N) is 4. The molecule has 0 spiro atoms. The quantitative estimate of drug-likeness (QED) is 0.538. The zero-order chi connectivity index (χ0) is 25.8. The van der Waals surface area contributed by atoms with Crippen molar-refractivity contribution in [2.75, 3.05) is 17.7 Å². The lowest BCUT2D eigenvalue weighted by atomic mass is 9.86. The molecule has 2 aliphatic carbocycles. The number of aromatic nitrogens is 2. The molecule has 2 aromatic rings. The van der Waals surface area contributed by atoms with Gasteiger partial charge in [-0.15, -0.1) is 0 Å². The van der Waals surface area contributed by atoms with Gasteiger partial charge in [-0.1, -0.05) is 19.3 Å². The number of imidazole rings is 1. The number of benzene rings is 1. The largest absolute Gasteiger partial charge is 0.444 e. The number of carbonyl (C=O) groups excluding carboxylic acids is 2. The van der Waals surface area contributed by atoms with Crippen LogP contribution in [0.3, 0.4) is 0 Å². The second-order valence-electron chi connectivity index (χ2n) is 10.3. The molecule has 0 bridgehead atoms. The number of hydrogen-bond acceptors (Lipinski definition) is 6. The van der Waals surface area contributed by atoms with Crippen LogP contribution in [0.5, 0.6) is 0 Å². The summed E-state index contributed by atoms with van der Waals surface area (Å²) in [6, 6.07) is 6.14. The average molecular weight is 547 g/mol. The lowest BCUT2D eigenvalue weighted by Crippen LogP contribution is -2.46. The second kappa shape index (κ2) is 11.3. The first kappa shape index (κ1) is 26.8. The Hall–Kier alpha value is -2.80. The molecule has 2 saturated carbocycles. The summed E-state index contributed by atoms with van der Waals surface area (Å²) in [6.45, 7) is 5.55. The fourth-order valence-electron chi connectivity index (χ4n) is 4.84. The van der Waals surface area contributed by atoms with Gasteiger partial charge in [0.15, 0.2) is 0 Å². The molecule has 2 amide bonds. The van der Waals surface area contributed by atoms with Crippen molar-refractivity contribution in [3.05, 3.63) is 18.2 Å². The first-order valence-electron chi connectivity index (χ1n) is 12.1. The number of carbonyl (C=O) groups is 2. The van der Waals surface area contributed by atoms with E-state index in [0.29, 0.717) is 5.95 Å². The van der Waals surface area contributed by atoms with Crippen molar-refractivity contribution in [1.29, 1.82) is 5.26 Å². The third-order valence-corrected chi connectivity index (χ3v) is 6.57. The van der Waals surface area contributed by atoms with Crippen molar-refractivity contribution in [3.8, 4) is 4.98 Å². The minimum absolute atomic E-state index is 0.0604. The number of ether oxygens (including phenoxy) is 1. The summed E-state index contributed by atoms with van der Waals surface area (Å²) in [5.41, 5.74) is 8.32. The van der Waals surface area contributed by atoms with Crippen LogP contribution in [-0.2, 0) is 9.53 Å². The Morgan fingerprint density at radius 1 is 1.26 bits per heavy atom. The molecule has 1 aromatic carbocycles. The van der Waals surface area contributed by atoms with Crippen LogP contribution in [-0.4, -0.2) is 40.2 Å². The first-order valence-corrected chi connectivity index (χ1v) is 12.9. The molecule has 1 aromatic heterocycles. The van der Waals surface area contributed by atoms with Crippen LogP contribution in [0.4, 0.5) is 16.4 Å². The van der Waals surface area contributed by atoms with Gasteiger partial charge in [0, 0.05) is 46.7 Å². The molecule has 9 nitrogen and oxygen atoms in total. The predicted molar refractivity (Wildman–Crippen MR) is 140 cm³/mol. The summed E-state index contributed by atoms with van der Waals surface area (Å²) in [5, 5.41) is 10.2. The Bertz CT molecular complexity index is 1090. The number of alkyl carbamates (subject to hydrolysis) is 1. The van der Waals surface area contributed by atoms with Crippen molar-refractivity contribution >= 4 is 50.6 Å². The minimum atomic E-state index is -0.512. The van der Waals surface area contributed by atoms with E-state index in [9.17, 15) is 9.59 Å². The molecule has 35 heavy (non-hydrogen) atoms. The fraction of sp³-hybridized carbons (Fsp3) is 0.600. The normalized spacial score (nSPS) is 20.1. The molecule has 0 atom stereocenters. The summed E-state index contributed by atoms with van der Waals surface area (Å²) in [6.07, 6.45) is 6.61. The average Bonchev–Trinajstić information content (AvgIpc) is 3.09. The number of anilines is 2. The smallest absolute Gasteiger partial charge is 0.407 e. The van der Waals surface area contributed by atoms with Crippen LogP contribution in [0.25, 0.3) is 11.0 Å². The molecule has 0 aliphatic heterocycles. The molecule has 2 aliphatic rings. The SMILES string of the molecule is CN(C(=O)C1CCCCC1)c1ccc2c(c1)nc(N)n2C1CC(NC(=O)OC(C)(C)C)C1.N#CBr. The first-order chi connectivity index (χ1) is 16.5. The molecule has 1 heterocycles. The van der Waals surface area contributed by atoms with Gasteiger partial charge in [0.05, 0.1) is 11.0 Å². The van der Waals surface area contributed by atoms with Gasteiger partial charge in [0.1, 0.15) is 10.6 Å². The molecule has 3 N–H and O–H groups in total. The van der Waals surface area contributed by atoms with E-state index in [4.69, 9.17) is 15.7 Å². The molecular formula is C25H35BrN6O3. The van der Waals surface area contributed by atoms with Crippen molar-refractivity contribution in [3.63, 3.8) is 0 Å². The van der Waals surface area contributed by atoms with E-state index in [0.717, 1.165) is 55.2 Å². The Labute approximate surface area is 215 Å². The highest BCUT2D eigenvalue weighted by atomic mass is 79.9. The molecule has 2 fully saturated rings. The third-order valence-electron chi connectivity index (χ3n) is 6.57. The van der Waals surface area contributed by atoms with Crippen molar-refractivity contribution in [2.45, 2.75) is 83.4 Å². The summed E-state index contributed by atoms with van der Waals surface area (Å²) >= 11 is 2.45. The Morgan fingerprint density at radius 2 is 1.89 bits per heavy atom. The molecule has 4 rings (SSSR count). The van der Waals surface area contributed by atoms with Crippen LogP contribution in [0.2, 0.25) is 0 Å². The van der Waals surface area contributed by atoms with E-state index in [-0.39, 0.29) is 30.0 Å². The predicted octanol–water partition coefficient (Wildman–Crippen LogP) is 5.25. The molecule has 0 radical (unpaired) electrons. The summed E-state index contributed by atoms with van der Waals surface area (Å²) < 4.78 is 7.37. The topological polar surface area (TPSA) is 126 Å². The molecule has 10 heteroatoms. The molecule has 190 valence electrons. The van der Waals surface area contributed by atoms with Gasteiger partial charge < -0.3 is 25.3 Å². The van der Waals surface area contributed by atoms with Crippen LogP contribution in [0, 0.1) is 16.2 Å². The van der Waals surface area contributed by atoms with E-state index >= 15 is 0 Å². The molecular weight excluding hydrogens is 512 g/mol. The van der Waals surface area contributed by atoms with E-state index < -0.39 is 5.60 Å². The third kappa shape index (κ3) is 6.66. The van der Waals surface area contributed by atoms with E-state index in [1.54, 1.807) is 9.88 Å². The Balaban J connectivity index is 0.00000108. The highest BCUT2D eigenvalue weighted by Crippen LogP contribution is 2.38. The van der Waals surface area contributed by atoms with Crippen molar-refractivity contribution < 1.29 is 14.3 Å². The zero-order valence-corrected chi connectivity index (χ0v) is 22.5. The van der Waals surface area contributed by atoms with Crippen molar-refractivity contribution in [1.82, 2.24) is 14.9 Å². The van der Waals surface area contributed by atoms with Crippen molar-refractivity contribution in [2.24, 2.45) is 5.92 Å². The van der Waals surface area contributed by atoms with Crippen LogP contribution < -0.4 is 16.0 Å². The second-order valence-corrected chi connectivity index (χ2v) is 10.7. The number of nitrogens with one attached hydrogen (secondary N) is 1. The van der Waals surface area contributed by atoms with Crippen LogP contribution in [0.1, 0.15) is 71.8 Å². The number of amides is 2. The summed E-state index contributed by atoms with van der Waals surface area (Å²) in [5.74, 6) is 0.766. The van der Waals surface area contributed by atoms with Gasteiger partial charge in [-0.25, -0.2) is 9.78 Å². The number of nitrogens with two attached hydrogens (primary N) is 1. The number of nitrogen functional groups attached to an aromatic ring is 1. The fourth-order valence-corrected chi connectivity index (χ4v) is 4.84. The number of rotatable bonds is 4.